The molecule has 3 rings (SSSR count). The van der Waals surface area contributed by atoms with Gasteiger partial charge in [0.1, 0.15) is 0 Å². The predicted molar refractivity (Wildman–Crippen MR) is 111 cm³/mol. The van der Waals surface area contributed by atoms with Crippen LogP contribution in [-0.2, 0) is 10.0 Å². The zero-order chi connectivity index (χ0) is 18.7. The molecule has 2 N–H and O–H groups in total. The average molecular weight is 430 g/mol. The van der Waals surface area contributed by atoms with Crippen LogP contribution in [0.5, 0.6) is 0 Å². The molecule has 0 unspecified atom stereocenters. The Balaban J connectivity index is 1.66. The Morgan fingerprint density at radius 2 is 1.65 bits per heavy atom. The van der Waals surface area contributed by atoms with Gasteiger partial charge in [0, 0.05) is 23.8 Å². The van der Waals surface area contributed by atoms with E-state index in [1.54, 1.807) is 42.5 Å². The summed E-state index contributed by atoms with van der Waals surface area (Å²) >= 11 is 17.2. The van der Waals surface area contributed by atoms with Crippen LogP contribution in [0.15, 0.2) is 47.4 Å². The van der Waals surface area contributed by atoms with Crippen molar-refractivity contribution in [1.82, 2.24) is 4.31 Å². The van der Waals surface area contributed by atoms with Gasteiger partial charge in [-0.1, -0.05) is 23.2 Å². The first-order chi connectivity index (χ1) is 12.4. The third-order valence-electron chi connectivity index (χ3n) is 3.99. The van der Waals surface area contributed by atoms with Crippen LogP contribution < -0.4 is 10.6 Å². The Morgan fingerprint density at radius 3 is 2.27 bits per heavy atom. The molecule has 2 aromatic carbocycles. The number of rotatable bonds is 4. The highest BCUT2D eigenvalue weighted by Crippen LogP contribution is 2.26. The minimum Gasteiger partial charge on any atom is -0.332 e. The third kappa shape index (κ3) is 4.47. The van der Waals surface area contributed by atoms with E-state index in [-0.39, 0.29) is 4.90 Å². The van der Waals surface area contributed by atoms with Gasteiger partial charge in [0.2, 0.25) is 10.0 Å². The number of benzene rings is 2. The number of hydrogen-bond donors (Lipinski definition) is 2. The fraction of sp³-hybridized carbons (Fsp3) is 0.235. The summed E-state index contributed by atoms with van der Waals surface area (Å²) in [7, 11) is -3.42. The van der Waals surface area contributed by atoms with Gasteiger partial charge in [-0.25, -0.2) is 8.42 Å². The van der Waals surface area contributed by atoms with Crippen molar-refractivity contribution in [2.45, 2.75) is 17.7 Å². The zero-order valence-electron chi connectivity index (χ0n) is 13.7. The van der Waals surface area contributed by atoms with Crippen molar-refractivity contribution in [2.75, 3.05) is 23.7 Å². The van der Waals surface area contributed by atoms with E-state index in [2.05, 4.69) is 10.6 Å². The molecule has 0 atom stereocenters. The summed E-state index contributed by atoms with van der Waals surface area (Å²) < 4.78 is 26.6. The largest absolute Gasteiger partial charge is 0.332 e. The fourth-order valence-corrected chi connectivity index (χ4v) is 4.86. The monoisotopic (exact) mass is 429 g/mol. The topological polar surface area (TPSA) is 61.4 Å². The van der Waals surface area contributed by atoms with Crippen molar-refractivity contribution in [3.8, 4) is 0 Å². The first kappa shape index (κ1) is 19.4. The van der Waals surface area contributed by atoms with Crippen molar-refractivity contribution in [3.63, 3.8) is 0 Å². The van der Waals surface area contributed by atoms with Crippen molar-refractivity contribution in [3.05, 3.63) is 52.5 Å². The lowest BCUT2D eigenvalue weighted by Gasteiger charge is -2.16. The van der Waals surface area contributed by atoms with Gasteiger partial charge in [-0.05, 0) is 67.5 Å². The maximum atomic E-state index is 12.5. The molecule has 1 aliphatic rings. The van der Waals surface area contributed by atoms with Gasteiger partial charge >= 0.3 is 0 Å². The Labute approximate surface area is 168 Å². The minimum atomic E-state index is -3.42. The second-order valence-corrected chi connectivity index (χ2v) is 9.03. The van der Waals surface area contributed by atoms with Crippen molar-refractivity contribution < 1.29 is 8.42 Å². The van der Waals surface area contributed by atoms with E-state index < -0.39 is 10.0 Å². The molecule has 0 amide bonds. The van der Waals surface area contributed by atoms with Crippen LogP contribution in [0.4, 0.5) is 11.4 Å². The van der Waals surface area contributed by atoms with E-state index in [0.29, 0.717) is 39.6 Å². The molecule has 9 heteroatoms. The van der Waals surface area contributed by atoms with E-state index in [9.17, 15) is 8.42 Å². The standard InChI is InChI=1S/C17H17Cl2N3O2S2/c18-12-3-8-16(15(19)11-12)21-17(25)20-13-4-6-14(7-5-13)26(23,24)22-9-1-2-10-22/h3-8,11H,1-2,9-10H2,(H2,20,21,25). The van der Waals surface area contributed by atoms with Crippen LogP contribution in [0.25, 0.3) is 0 Å². The van der Waals surface area contributed by atoms with Gasteiger partial charge in [-0.15, -0.1) is 0 Å². The quantitative estimate of drug-likeness (QED) is 0.695. The van der Waals surface area contributed by atoms with E-state index in [1.165, 1.54) is 4.31 Å². The van der Waals surface area contributed by atoms with Gasteiger partial charge in [0.05, 0.1) is 15.6 Å². The van der Waals surface area contributed by atoms with E-state index in [0.717, 1.165) is 12.8 Å². The number of sulfonamides is 1. The highest BCUT2D eigenvalue weighted by Gasteiger charge is 2.26. The molecule has 0 aliphatic carbocycles. The molecular formula is C17H17Cl2N3O2S2. The van der Waals surface area contributed by atoms with E-state index >= 15 is 0 Å². The lowest BCUT2D eigenvalue weighted by atomic mass is 10.3. The van der Waals surface area contributed by atoms with E-state index in [4.69, 9.17) is 35.4 Å². The van der Waals surface area contributed by atoms with Crippen LogP contribution >= 0.6 is 35.4 Å². The number of nitrogens with one attached hydrogen (secondary N) is 2. The second kappa shape index (κ2) is 8.10. The average Bonchev–Trinajstić information content (AvgIpc) is 3.13. The molecule has 0 radical (unpaired) electrons. The zero-order valence-corrected chi connectivity index (χ0v) is 16.9. The second-order valence-electron chi connectivity index (χ2n) is 5.84. The molecule has 1 aliphatic heterocycles. The molecule has 0 aromatic heterocycles. The predicted octanol–water partition coefficient (Wildman–Crippen LogP) is 4.59. The normalized spacial score (nSPS) is 15.0. The van der Waals surface area contributed by atoms with Gasteiger partial charge in [0.15, 0.2) is 5.11 Å². The third-order valence-corrected chi connectivity index (χ3v) is 6.66. The lowest BCUT2D eigenvalue weighted by molar-refractivity contribution is 0.477. The molecule has 2 aromatic rings. The molecule has 0 saturated carbocycles. The molecule has 26 heavy (non-hydrogen) atoms. The van der Waals surface area contributed by atoms with Crippen molar-refractivity contribution in [2.24, 2.45) is 0 Å². The number of halogens is 2. The summed E-state index contributed by atoms with van der Waals surface area (Å²) in [5.41, 5.74) is 1.30. The number of thiocarbonyl (C=S) groups is 1. The van der Waals surface area contributed by atoms with Crippen LogP contribution in [-0.4, -0.2) is 30.9 Å². The van der Waals surface area contributed by atoms with Gasteiger partial charge in [0.25, 0.3) is 0 Å². The number of hydrogen-bond acceptors (Lipinski definition) is 3. The SMILES string of the molecule is O=S(=O)(c1ccc(NC(=S)Nc2ccc(Cl)cc2Cl)cc1)N1CCCC1. The summed E-state index contributed by atoms with van der Waals surface area (Å²) in [4.78, 5) is 0.282. The summed E-state index contributed by atoms with van der Waals surface area (Å²) in [5, 5.41) is 7.31. The summed E-state index contributed by atoms with van der Waals surface area (Å²) in [6.45, 7) is 1.16. The van der Waals surface area contributed by atoms with Gasteiger partial charge in [-0.3, -0.25) is 0 Å². The summed E-state index contributed by atoms with van der Waals surface area (Å²) in [5.74, 6) is 0. The van der Waals surface area contributed by atoms with Crippen LogP contribution in [0.2, 0.25) is 10.0 Å². The van der Waals surface area contributed by atoms with Crippen LogP contribution in [0.3, 0.4) is 0 Å². The molecule has 1 heterocycles. The fourth-order valence-electron chi connectivity index (χ4n) is 2.66. The maximum Gasteiger partial charge on any atom is 0.243 e. The Kier molecular flexibility index (Phi) is 6.04. The lowest BCUT2D eigenvalue weighted by Crippen LogP contribution is -2.27. The summed E-state index contributed by atoms with van der Waals surface area (Å²) in [6.07, 6.45) is 1.82. The molecule has 1 fully saturated rings. The Morgan fingerprint density at radius 1 is 1.00 bits per heavy atom. The highest BCUT2D eigenvalue weighted by atomic mass is 35.5. The molecule has 5 nitrogen and oxygen atoms in total. The van der Waals surface area contributed by atoms with Gasteiger partial charge in [-0.2, -0.15) is 4.31 Å². The summed E-state index contributed by atoms with van der Waals surface area (Å²) in [6, 6.07) is 11.6. The number of nitrogens with zero attached hydrogens (tertiary/aromatic N) is 1. The molecule has 138 valence electrons. The van der Waals surface area contributed by atoms with Crippen molar-refractivity contribution >= 4 is 61.9 Å². The Bertz CT molecular complexity index is 912. The number of anilines is 2. The molecule has 1 saturated heterocycles. The van der Waals surface area contributed by atoms with Crippen LogP contribution in [0.1, 0.15) is 12.8 Å². The first-order valence-corrected chi connectivity index (χ1v) is 10.6. The van der Waals surface area contributed by atoms with Gasteiger partial charge < -0.3 is 10.6 Å². The first-order valence-electron chi connectivity index (χ1n) is 7.99. The Hall–Kier alpha value is -1.38. The molecule has 0 spiro atoms. The van der Waals surface area contributed by atoms with Crippen LogP contribution in [0, 0.1) is 0 Å². The highest BCUT2D eigenvalue weighted by molar-refractivity contribution is 7.89. The maximum absolute atomic E-state index is 12.5. The van der Waals surface area contributed by atoms with E-state index in [1.807, 2.05) is 0 Å². The minimum absolute atomic E-state index is 0.282. The molecule has 0 bridgehead atoms. The smallest absolute Gasteiger partial charge is 0.243 e. The van der Waals surface area contributed by atoms with Crippen molar-refractivity contribution in [1.29, 1.82) is 0 Å². The molecular weight excluding hydrogens is 413 g/mol.